The molecule has 1 aliphatic carbocycles. The Morgan fingerprint density at radius 2 is 1.91 bits per heavy atom. The van der Waals surface area contributed by atoms with Crippen molar-refractivity contribution in [3.63, 3.8) is 0 Å². The van der Waals surface area contributed by atoms with Crippen LogP contribution >= 0.6 is 34.5 Å². The first-order valence-electron chi connectivity index (χ1n) is 9.88. The number of benzene rings is 2. The summed E-state index contributed by atoms with van der Waals surface area (Å²) in [6.07, 6.45) is 2.99. The standard InChI is InChI=1S/C22H20Cl2N2O5S/c1-25(13-3-2-4-13)21(29)15-9-14(5-6-18(15)27)31-20-16(23)7-12(8-17(20)24)10-26-19(28)11-32-22(26)30/h5-9,11,13,27-28H,2-4,10H2,1H3. The van der Waals surface area contributed by atoms with Crippen molar-refractivity contribution in [3.05, 3.63) is 66.6 Å². The molecule has 0 bridgehead atoms. The van der Waals surface area contributed by atoms with Crippen molar-refractivity contribution in [1.82, 2.24) is 9.47 Å². The number of hydrogen-bond donors (Lipinski definition) is 2. The normalized spacial score (nSPS) is 13.6. The van der Waals surface area contributed by atoms with Gasteiger partial charge >= 0.3 is 4.87 Å². The summed E-state index contributed by atoms with van der Waals surface area (Å²) >= 11 is 13.6. The molecule has 0 aliphatic heterocycles. The lowest BCUT2D eigenvalue weighted by Crippen LogP contribution is -2.41. The number of nitrogens with zero attached hydrogens (tertiary/aromatic N) is 2. The molecule has 2 N–H and O–H groups in total. The van der Waals surface area contributed by atoms with E-state index in [-0.39, 0.29) is 62.1 Å². The zero-order valence-electron chi connectivity index (χ0n) is 17.0. The summed E-state index contributed by atoms with van der Waals surface area (Å²) in [5.74, 6) is -0.0965. The highest BCUT2D eigenvalue weighted by molar-refractivity contribution is 7.07. The van der Waals surface area contributed by atoms with Crippen LogP contribution in [0.3, 0.4) is 0 Å². The molecule has 1 aromatic heterocycles. The molecule has 3 aromatic rings. The zero-order chi connectivity index (χ0) is 23.0. The van der Waals surface area contributed by atoms with Crippen LogP contribution in [0.5, 0.6) is 23.1 Å². The smallest absolute Gasteiger partial charge is 0.310 e. The number of amides is 1. The van der Waals surface area contributed by atoms with Gasteiger partial charge in [-0.2, -0.15) is 0 Å². The van der Waals surface area contributed by atoms with Crippen molar-refractivity contribution in [2.75, 3.05) is 7.05 Å². The molecular formula is C22H20Cl2N2O5S. The van der Waals surface area contributed by atoms with Crippen LogP contribution in [0.4, 0.5) is 0 Å². The molecule has 0 unspecified atom stereocenters. The summed E-state index contributed by atoms with van der Waals surface area (Å²) in [7, 11) is 1.72. The number of rotatable bonds is 6. The second kappa shape index (κ2) is 9.05. The van der Waals surface area contributed by atoms with Crippen molar-refractivity contribution < 1.29 is 19.7 Å². The molecule has 32 heavy (non-hydrogen) atoms. The van der Waals surface area contributed by atoms with Gasteiger partial charge in [-0.1, -0.05) is 34.5 Å². The van der Waals surface area contributed by atoms with E-state index < -0.39 is 0 Å². The Kier molecular flexibility index (Phi) is 6.37. The molecule has 0 atom stereocenters. The van der Waals surface area contributed by atoms with Crippen LogP contribution in [0, 0.1) is 0 Å². The average Bonchev–Trinajstić information content (AvgIpc) is 3.02. The highest BCUT2D eigenvalue weighted by Gasteiger charge is 2.28. The van der Waals surface area contributed by atoms with Crippen LogP contribution in [-0.2, 0) is 6.54 Å². The first-order valence-corrected chi connectivity index (χ1v) is 11.5. The van der Waals surface area contributed by atoms with Crippen LogP contribution < -0.4 is 9.61 Å². The molecule has 0 spiro atoms. The summed E-state index contributed by atoms with van der Waals surface area (Å²) in [5, 5.41) is 21.8. The van der Waals surface area contributed by atoms with Crippen molar-refractivity contribution in [2.45, 2.75) is 31.8 Å². The summed E-state index contributed by atoms with van der Waals surface area (Å²) in [4.78, 5) is 26.0. The first kappa shape index (κ1) is 22.5. The quantitative estimate of drug-likeness (QED) is 0.497. The predicted molar refractivity (Wildman–Crippen MR) is 124 cm³/mol. The number of thiazole rings is 1. The number of halogens is 2. The Hall–Kier alpha value is -2.68. The largest absolute Gasteiger partial charge is 0.507 e. The van der Waals surface area contributed by atoms with Crippen LogP contribution in [0.25, 0.3) is 0 Å². The summed E-state index contributed by atoms with van der Waals surface area (Å²) < 4.78 is 7.04. The highest BCUT2D eigenvalue weighted by Crippen LogP contribution is 2.39. The van der Waals surface area contributed by atoms with Gasteiger partial charge in [-0.05, 0) is 55.2 Å². The Morgan fingerprint density at radius 1 is 1.22 bits per heavy atom. The summed E-state index contributed by atoms with van der Waals surface area (Å²) in [6.45, 7) is 0.0965. The number of aromatic nitrogens is 1. The van der Waals surface area contributed by atoms with Crippen LogP contribution in [0.2, 0.25) is 10.0 Å². The fourth-order valence-corrected chi connectivity index (χ4v) is 4.68. The minimum Gasteiger partial charge on any atom is -0.507 e. The lowest BCUT2D eigenvalue weighted by molar-refractivity contribution is 0.0648. The monoisotopic (exact) mass is 494 g/mol. The number of phenols is 1. The van der Waals surface area contributed by atoms with Crippen molar-refractivity contribution in [3.8, 4) is 23.1 Å². The fourth-order valence-electron chi connectivity index (χ4n) is 3.45. The predicted octanol–water partition coefficient (Wildman–Crippen LogP) is 5.09. The van der Waals surface area contributed by atoms with E-state index in [4.69, 9.17) is 27.9 Å². The van der Waals surface area contributed by atoms with Crippen LogP contribution in [0.1, 0.15) is 35.2 Å². The van der Waals surface area contributed by atoms with Crippen LogP contribution in [-0.4, -0.2) is 38.7 Å². The Bertz CT molecular complexity index is 1210. The molecule has 10 heteroatoms. The molecule has 1 heterocycles. The Balaban J connectivity index is 1.57. The van der Waals surface area contributed by atoms with Gasteiger partial charge < -0.3 is 19.8 Å². The lowest BCUT2D eigenvalue weighted by atomic mass is 9.91. The molecule has 1 aliphatic rings. The number of aromatic hydroxyl groups is 2. The molecule has 0 saturated heterocycles. The van der Waals surface area contributed by atoms with E-state index in [1.54, 1.807) is 24.1 Å². The van der Waals surface area contributed by atoms with E-state index in [1.165, 1.54) is 28.1 Å². The second-order valence-corrected chi connectivity index (χ2v) is 9.25. The first-order chi connectivity index (χ1) is 15.2. The van der Waals surface area contributed by atoms with E-state index >= 15 is 0 Å². The number of phenolic OH excluding ortho intramolecular Hbond substituents is 1. The van der Waals surface area contributed by atoms with Crippen molar-refractivity contribution in [2.24, 2.45) is 0 Å². The number of carbonyl (C=O) groups excluding carboxylic acids is 1. The van der Waals surface area contributed by atoms with E-state index in [0.29, 0.717) is 5.56 Å². The SMILES string of the molecule is CN(C(=O)c1cc(Oc2c(Cl)cc(Cn3c(O)csc3=O)cc2Cl)ccc1O)C1CCC1. The fraction of sp³-hybridized carbons (Fsp3) is 0.273. The van der Waals surface area contributed by atoms with Gasteiger partial charge in [0.15, 0.2) is 5.75 Å². The van der Waals surface area contributed by atoms with E-state index in [2.05, 4.69) is 0 Å². The topological polar surface area (TPSA) is 92.0 Å². The average molecular weight is 495 g/mol. The molecule has 7 nitrogen and oxygen atoms in total. The minimum absolute atomic E-state index is 0.0965. The maximum atomic E-state index is 12.8. The Labute approximate surface area is 198 Å². The van der Waals surface area contributed by atoms with E-state index in [1.807, 2.05) is 0 Å². The van der Waals surface area contributed by atoms with Gasteiger partial charge in [0.25, 0.3) is 5.91 Å². The Morgan fingerprint density at radius 3 is 2.47 bits per heavy atom. The highest BCUT2D eigenvalue weighted by atomic mass is 35.5. The van der Waals surface area contributed by atoms with Gasteiger partial charge in [0, 0.05) is 13.1 Å². The second-order valence-electron chi connectivity index (χ2n) is 7.62. The van der Waals surface area contributed by atoms with Crippen molar-refractivity contribution in [1.29, 1.82) is 0 Å². The molecule has 2 aromatic carbocycles. The molecular weight excluding hydrogens is 475 g/mol. The lowest BCUT2D eigenvalue weighted by Gasteiger charge is -2.34. The third-order valence-electron chi connectivity index (χ3n) is 5.52. The molecule has 4 rings (SSSR count). The molecule has 1 fully saturated rings. The summed E-state index contributed by atoms with van der Waals surface area (Å²) in [5.41, 5.74) is 0.736. The summed E-state index contributed by atoms with van der Waals surface area (Å²) in [6, 6.07) is 7.71. The molecule has 1 saturated carbocycles. The maximum absolute atomic E-state index is 12.8. The van der Waals surface area contributed by atoms with Crippen LogP contribution in [0.15, 0.2) is 40.5 Å². The molecule has 0 radical (unpaired) electrons. The molecule has 168 valence electrons. The van der Waals surface area contributed by atoms with Gasteiger partial charge in [0.1, 0.15) is 11.5 Å². The van der Waals surface area contributed by atoms with Gasteiger partial charge in [0.05, 0.1) is 27.5 Å². The molecule has 1 amide bonds. The minimum atomic E-state index is -0.303. The van der Waals surface area contributed by atoms with E-state index in [0.717, 1.165) is 30.6 Å². The number of carbonyl (C=O) groups is 1. The van der Waals surface area contributed by atoms with E-state index in [9.17, 15) is 19.8 Å². The van der Waals surface area contributed by atoms with Gasteiger partial charge in [-0.3, -0.25) is 14.2 Å². The third kappa shape index (κ3) is 4.44. The number of ether oxygens (including phenoxy) is 1. The third-order valence-corrected chi connectivity index (χ3v) is 6.83. The van der Waals surface area contributed by atoms with Gasteiger partial charge in [0.2, 0.25) is 5.88 Å². The van der Waals surface area contributed by atoms with Gasteiger partial charge in [-0.15, -0.1) is 0 Å². The van der Waals surface area contributed by atoms with Crippen molar-refractivity contribution >= 4 is 40.4 Å². The van der Waals surface area contributed by atoms with Gasteiger partial charge in [-0.25, -0.2) is 0 Å². The maximum Gasteiger partial charge on any atom is 0.310 e. The zero-order valence-corrected chi connectivity index (χ0v) is 19.4. The number of hydrogen-bond acceptors (Lipinski definition) is 6.